The molecule has 0 aliphatic carbocycles. The summed E-state index contributed by atoms with van der Waals surface area (Å²) in [7, 11) is 1.61. The second-order valence-corrected chi connectivity index (χ2v) is 8.46. The zero-order valence-corrected chi connectivity index (χ0v) is 18.2. The van der Waals surface area contributed by atoms with E-state index in [1.165, 1.54) is 27.7 Å². The van der Waals surface area contributed by atoms with Crippen molar-refractivity contribution in [3.8, 4) is 11.5 Å². The van der Waals surface area contributed by atoms with E-state index in [1.807, 2.05) is 35.7 Å². The van der Waals surface area contributed by atoms with Gasteiger partial charge in [-0.3, -0.25) is 4.79 Å². The molecule has 4 rings (SSSR count). The van der Waals surface area contributed by atoms with Gasteiger partial charge in [0.05, 0.1) is 23.5 Å². The van der Waals surface area contributed by atoms with Gasteiger partial charge in [-0.15, -0.1) is 11.3 Å². The highest BCUT2D eigenvalue weighted by atomic mass is 35.5. The number of hydrazone groups is 1. The molecule has 152 valence electrons. The SMILES string of the molecule is COc1ccc2nc(N(/N=C/c3cccs3)C(=O)COc3ccc(Cl)cc3)sc2c1. The highest BCUT2D eigenvalue weighted by Gasteiger charge is 2.20. The number of thiophene rings is 1. The number of benzene rings is 2. The number of hydrogen-bond donors (Lipinski definition) is 0. The highest BCUT2D eigenvalue weighted by molar-refractivity contribution is 7.22. The minimum absolute atomic E-state index is 0.192. The van der Waals surface area contributed by atoms with Gasteiger partial charge in [-0.1, -0.05) is 29.0 Å². The van der Waals surface area contributed by atoms with Crippen molar-refractivity contribution in [1.82, 2.24) is 4.98 Å². The predicted molar refractivity (Wildman–Crippen MR) is 123 cm³/mol. The van der Waals surface area contributed by atoms with Gasteiger partial charge in [-0.25, -0.2) is 4.98 Å². The smallest absolute Gasteiger partial charge is 0.287 e. The van der Waals surface area contributed by atoms with Crippen LogP contribution >= 0.6 is 34.3 Å². The maximum atomic E-state index is 12.9. The second-order valence-electron chi connectivity index (χ2n) is 6.04. The van der Waals surface area contributed by atoms with Gasteiger partial charge in [-0.05, 0) is 53.9 Å². The summed E-state index contributed by atoms with van der Waals surface area (Å²) in [6.45, 7) is -0.192. The third-order valence-corrected chi connectivity index (χ3v) is 6.07. The van der Waals surface area contributed by atoms with E-state index in [0.29, 0.717) is 15.9 Å². The maximum absolute atomic E-state index is 12.9. The van der Waals surface area contributed by atoms with Crippen molar-refractivity contribution in [2.24, 2.45) is 5.10 Å². The molecule has 2 aromatic carbocycles. The van der Waals surface area contributed by atoms with E-state index in [9.17, 15) is 4.79 Å². The molecule has 2 aromatic heterocycles. The standard InChI is InChI=1S/C21H16ClN3O3S2/c1-27-16-8-9-18-19(11-16)30-21(24-18)25(23-12-17-3-2-10-29-17)20(26)13-28-15-6-4-14(22)5-7-15/h2-12H,13H2,1H3/b23-12+. The van der Waals surface area contributed by atoms with Crippen molar-refractivity contribution < 1.29 is 14.3 Å². The fraction of sp³-hybridized carbons (Fsp3) is 0.0952. The van der Waals surface area contributed by atoms with E-state index in [1.54, 1.807) is 37.6 Å². The summed E-state index contributed by atoms with van der Waals surface area (Å²) in [5.74, 6) is 0.927. The molecule has 0 aliphatic rings. The van der Waals surface area contributed by atoms with Gasteiger partial charge >= 0.3 is 0 Å². The normalized spacial score (nSPS) is 11.1. The number of ether oxygens (including phenoxy) is 2. The largest absolute Gasteiger partial charge is 0.497 e. The van der Waals surface area contributed by atoms with Crippen LogP contribution in [0.25, 0.3) is 10.2 Å². The molecular formula is C21H16ClN3O3S2. The van der Waals surface area contributed by atoms with Gasteiger partial charge < -0.3 is 9.47 Å². The Hall–Kier alpha value is -2.94. The molecule has 2 heterocycles. The number of anilines is 1. The Morgan fingerprint density at radius 1 is 1.20 bits per heavy atom. The van der Waals surface area contributed by atoms with Gasteiger partial charge in [-0.2, -0.15) is 10.1 Å². The molecule has 9 heteroatoms. The van der Waals surface area contributed by atoms with E-state index < -0.39 is 0 Å². The number of amides is 1. The van der Waals surface area contributed by atoms with Gasteiger partial charge in [0.2, 0.25) is 5.13 Å². The lowest BCUT2D eigenvalue weighted by atomic mass is 10.3. The van der Waals surface area contributed by atoms with E-state index >= 15 is 0 Å². The van der Waals surface area contributed by atoms with Crippen LogP contribution in [-0.2, 0) is 4.79 Å². The summed E-state index contributed by atoms with van der Waals surface area (Å²) in [5, 5.41) is 8.65. The Kier molecular flexibility index (Phi) is 6.27. The Morgan fingerprint density at radius 2 is 2.00 bits per heavy atom. The fourth-order valence-electron chi connectivity index (χ4n) is 2.55. The third-order valence-electron chi connectivity index (χ3n) is 4.02. The van der Waals surface area contributed by atoms with E-state index in [0.717, 1.165) is 20.8 Å². The molecule has 0 atom stereocenters. The van der Waals surface area contributed by atoms with Crippen molar-refractivity contribution >= 4 is 61.7 Å². The quantitative estimate of drug-likeness (QED) is 0.273. The molecule has 0 radical (unpaired) electrons. The van der Waals surface area contributed by atoms with Crippen LogP contribution in [-0.4, -0.2) is 30.8 Å². The molecule has 30 heavy (non-hydrogen) atoms. The van der Waals surface area contributed by atoms with Crippen LogP contribution in [0.4, 0.5) is 5.13 Å². The molecule has 0 saturated carbocycles. The summed E-state index contributed by atoms with van der Waals surface area (Å²) in [4.78, 5) is 18.4. The number of thiazole rings is 1. The highest BCUT2D eigenvalue weighted by Crippen LogP contribution is 2.32. The van der Waals surface area contributed by atoms with Crippen molar-refractivity contribution in [3.05, 3.63) is 69.9 Å². The number of carbonyl (C=O) groups excluding carboxylic acids is 1. The minimum atomic E-state index is -0.344. The van der Waals surface area contributed by atoms with E-state index in [2.05, 4.69) is 10.1 Å². The monoisotopic (exact) mass is 457 g/mol. The zero-order chi connectivity index (χ0) is 20.9. The topological polar surface area (TPSA) is 64.0 Å². The number of hydrogen-bond acceptors (Lipinski definition) is 7. The zero-order valence-electron chi connectivity index (χ0n) is 15.8. The second kappa shape index (κ2) is 9.25. The Balaban J connectivity index is 1.60. The van der Waals surface area contributed by atoms with Gasteiger partial charge in [0.25, 0.3) is 5.91 Å². The van der Waals surface area contributed by atoms with E-state index in [4.69, 9.17) is 21.1 Å². The van der Waals surface area contributed by atoms with Crippen LogP contribution < -0.4 is 14.5 Å². The number of nitrogens with zero attached hydrogens (tertiary/aromatic N) is 3. The molecule has 6 nitrogen and oxygen atoms in total. The third kappa shape index (κ3) is 4.79. The van der Waals surface area contributed by atoms with Gasteiger partial charge in [0.1, 0.15) is 11.5 Å². The molecule has 0 spiro atoms. The lowest BCUT2D eigenvalue weighted by Gasteiger charge is -2.14. The first kappa shape index (κ1) is 20.3. The number of halogens is 1. The summed E-state index contributed by atoms with van der Waals surface area (Å²) in [6, 6.07) is 16.2. The van der Waals surface area contributed by atoms with Crippen LogP contribution in [0, 0.1) is 0 Å². The maximum Gasteiger partial charge on any atom is 0.287 e. The van der Waals surface area contributed by atoms with Crippen molar-refractivity contribution in [1.29, 1.82) is 0 Å². The summed E-state index contributed by atoms with van der Waals surface area (Å²) in [5.41, 5.74) is 0.763. The van der Waals surface area contributed by atoms with Gasteiger partial charge in [0.15, 0.2) is 6.61 Å². The fourth-order valence-corrected chi connectivity index (χ4v) is 4.22. The first-order valence-corrected chi connectivity index (χ1v) is 10.9. The van der Waals surface area contributed by atoms with Crippen molar-refractivity contribution in [2.45, 2.75) is 0 Å². The number of aromatic nitrogens is 1. The lowest BCUT2D eigenvalue weighted by Crippen LogP contribution is -2.30. The first-order valence-electron chi connectivity index (χ1n) is 8.86. The summed E-state index contributed by atoms with van der Waals surface area (Å²) in [6.07, 6.45) is 1.64. The molecule has 0 N–H and O–H groups in total. The predicted octanol–water partition coefficient (Wildman–Crippen LogP) is 5.47. The first-order chi connectivity index (χ1) is 14.6. The van der Waals surface area contributed by atoms with Crippen LogP contribution in [0.1, 0.15) is 4.88 Å². The molecule has 0 unspecified atom stereocenters. The molecule has 0 bridgehead atoms. The van der Waals surface area contributed by atoms with Crippen molar-refractivity contribution in [2.75, 3.05) is 18.7 Å². The number of rotatable bonds is 7. The minimum Gasteiger partial charge on any atom is -0.497 e. The number of carbonyl (C=O) groups is 1. The molecule has 1 amide bonds. The van der Waals surface area contributed by atoms with Crippen LogP contribution in [0.15, 0.2) is 65.1 Å². The molecule has 0 fully saturated rings. The molecule has 0 aliphatic heterocycles. The Morgan fingerprint density at radius 3 is 2.73 bits per heavy atom. The van der Waals surface area contributed by atoms with Crippen LogP contribution in [0.5, 0.6) is 11.5 Å². The van der Waals surface area contributed by atoms with E-state index in [-0.39, 0.29) is 12.5 Å². The van der Waals surface area contributed by atoms with Crippen LogP contribution in [0.2, 0.25) is 5.02 Å². The Bertz CT molecular complexity index is 1170. The van der Waals surface area contributed by atoms with Crippen molar-refractivity contribution in [3.63, 3.8) is 0 Å². The Labute approximate surface area is 186 Å². The average Bonchev–Trinajstić information content (AvgIpc) is 3.42. The van der Waals surface area contributed by atoms with Gasteiger partial charge in [0, 0.05) is 9.90 Å². The summed E-state index contributed by atoms with van der Waals surface area (Å²) >= 11 is 8.77. The molecular weight excluding hydrogens is 442 g/mol. The van der Waals surface area contributed by atoms with Crippen LogP contribution in [0.3, 0.4) is 0 Å². The molecule has 0 saturated heterocycles. The number of fused-ring (bicyclic) bond motifs is 1. The lowest BCUT2D eigenvalue weighted by molar-refractivity contribution is -0.120. The number of methoxy groups -OCH3 is 1. The summed E-state index contributed by atoms with van der Waals surface area (Å²) < 4.78 is 11.8. The molecule has 4 aromatic rings. The average molecular weight is 458 g/mol.